The van der Waals surface area contributed by atoms with Crippen LogP contribution in [0.4, 0.5) is 8.78 Å². The first-order chi connectivity index (χ1) is 12.4. The van der Waals surface area contributed by atoms with Crippen LogP contribution in [0.5, 0.6) is 5.75 Å². The monoisotopic (exact) mass is 358 g/mol. The van der Waals surface area contributed by atoms with Gasteiger partial charge in [-0.25, -0.2) is 8.78 Å². The topological polar surface area (TPSA) is 62.4 Å². The largest absolute Gasteiger partial charge is 0.497 e. The maximum atomic E-state index is 13.3. The Kier molecular flexibility index (Phi) is 4.71. The molecule has 0 aliphatic heterocycles. The number of ether oxygens (including phenoxy) is 1. The quantitative estimate of drug-likeness (QED) is 0.780. The van der Waals surface area contributed by atoms with Crippen molar-refractivity contribution in [1.29, 1.82) is 0 Å². The van der Waals surface area contributed by atoms with Crippen LogP contribution in [0.2, 0.25) is 0 Å². The summed E-state index contributed by atoms with van der Waals surface area (Å²) in [6.45, 7) is 0.0378. The molecule has 2 aromatic carbocycles. The molecule has 0 atom stereocenters. The van der Waals surface area contributed by atoms with Gasteiger partial charge in [-0.2, -0.15) is 0 Å². The van der Waals surface area contributed by atoms with Crippen molar-refractivity contribution < 1.29 is 18.3 Å². The van der Waals surface area contributed by atoms with Crippen molar-refractivity contribution in [2.24, 2.45) is 0 Å². The van der Waals surface area contributed by atoms with E-state index in [1.165, 1.54) is 31.3 Å². The van der Waals surface area contributed by atoms with Gasteiger partial charge < -0.3 is 14.6 Å². The van der Waals surface area contributed by atoms with E-state index < -0.39 is 23.0 Å². The molecule has 5 nitrogen and oxygen atoms in total. The number of amides is 1. The zero-order chi connectivity index (χ0) is 18.8. The number of carbonyl (C=O) groups excluding carboxylic acids is 1. The Labute approximate surface area is 147 Å². The number of nitrogens with one attached hydrogen (secondary N) is 1. The van der Waals surface area contributed by atoms with E-state index in [1.807, 2.05) is 0 Å². The standard InChI is InChI=1S/C19H16F2N2O3/c1-23(10-11-3-6-15(20)16(21)7-11)19(25)14-9-22-17-8-12(26-2)4-5-13(17)18(14)24/h3-9H,10H2,1-2H3,(H,22,24). The number of carbonyl (C=O) groups is 1. The van der Waals surface area contributed by atoms with Crippen LogP contribution < -0.4 is 10.2 Å². The van der Waals surface area contributed by atoms with Gasteiger partial charge in [0.15, 0.2) is 11.6 Å². The van der Waals surface area contributed by atoms with Crippen molar-refractivity contribution in [3.63, 3.8) is 0 Å². The van der Waals surface area contributed by atoms with Crippen LogP contribution in [0.3, 0.4) is 0 Å². The number of hydrogen-bond acceptors (Lipinski definition) is 3. The third-order valence-electron chi connectivity index (χ3n) is 4.07. The zero-order valence-corrected chi connectivity index (χ0v) is 14.2. The molecule has 0 bridgehead atoms. The summed E-state index contributed by atoms with van der Waals surface area (Å²) in [5.74, 6) is -1.87. The van der Waals surface area contributed by atoms with Gasteiger partial charge in [-0.1, -0.05) is 6.07 Å². The van der Waals surface area contributed by atoms with E-state index in [-0.39, 0.29) is 12.1 Å². The number of nitrogens with zero attached hydrogens (tertiary/aromatic N) is 1. The number of methoxy groups -OCH3 is 1. The average molecular weight is 358 g/mol. The molecule has 7 heteroatoms. The maximum Gasteiger partial charge on any atom is 0.259 e. The lowest BCUT2D eigenvalue weighted by Crippen LogP contribution is -2.30. The second kappa shape index (κ2) is 6.95. The van der Waals surface area contributed by atoms with E-state index in [9.17, 15) is 18.4 Å². The molecule has 1 N–H and O–H groups in total. The highest BCUT2D eigenvalue weighted by molar-refractivity contribution is 5.97. The number of rotatable bonds is 4. The molecule has 0 saturated carbocycles. The van der Waals surface area contributed by atoms with Crippen LogP contribution in [-0.4, -0.2) is 29.9 Å². The third kappa shape index (κ3) is 3.28. The summed E-state index contributed by atoms with van der Waals surface area (Å²) < 4.78 is 31.4. The number of benzene rings is 2. The van der Waals surface area contributed by atoms with Crippen molar-refractivity contribution >= 4 is 16.8 Å². The molecule has 0 radical (unpaired) electrons. The van der Waals surface area contributed by atoms with Crippen LogP contribution in [-0.2, 0) is 6.54 Å². The first-order valence-electron chi connectivity index (χ1n) is 7.79. The number of pyridine rings is 1. The summed E-state index contributed by atoms with van der Waals surface area (Å²) >= 11 is 0. The van der Waals surface area contributed by atoms with Gasteiger partial charge in [0.2, 0.25) is 5.43 Å². The lowest BCUT2D eigenvalue weighted by Gasteiger charge is -2.17. The fourth-order valence-corrected chi connectivity index (χ4v) is 2.68. The van der Waals surface area contributed by atoms with Crippen LogP contribution >= 0.6 is 0 Å². The fraction of sp³-hybridized carbons (Fsp3) is 0.158. The predicted molar refractivity (Wildman–Crippen MR) is 93.3 cm³/mol. The summed E-state index contributed by atoms with van der Waals surface area (Å²) in [5, 5.41) is 0.359. The molecular weight excluding hydrogens is 342 g/mol. The van der Waals surface area contributed by atoms with Crippen molar-refractivity contribution in [3.05, 3.63) is 75.6 Å². The molecule has 3 rings (SSSR count). The van der Waals surface area contributed by atoms with Crippen molar-refractivity contribution in [3.8, 4) is 5.75 Å². The van der Waals surface area contributed by atoms with Gasteiger partial charge in [0.05, 0.1) is 12.6 Å². The summed E-state index contributed by atoms with van der Waals surface area (Å²) in [7, 11) is 3.01. The van der Waals surface area contributed by atoms with Gasteiger partial charge >= 0.3 is 0 Å². The SMILES string of the molecule is COc1ccc2c(=O)c(C(=O)N(C)Cc3ccc(F)c(F)c3)c[nH]c2c1. The Balaban J connectivity index is 1.90. The molecule has 134 valence electrons. The van der Waals surface area contributed by atoms with Crippen LogP contribution in [0.15, 0.2) is 47.4 Å². The van der Waals surface area contributed by atoms with Crippen molar-refractivity contribution in [2.75, 3.05) is 14.2 Å². The molecule has 1 heterocycles. The van der Waals surface area contributed by atoms with Crippen molar-refractivity contribution in [2.45, 2.75) is 6.54 Å². The summed E-state index contributed by atoms with van der Waals surface area (Å²) in [4.78, 5) is 29.4. The molecule has 1 aromatic heterocycles. The predicted octanol–water partition coefficient (Wildman–Crippen LogP) is 3.09. The van der Waals surface area contributed by atoms with E-state index in [4.69, 9.17) is 4.74 Å². The maximum absolute atomic E-state index is 13.3. The second-order valence-electron chi connectivity index (χ2n) is 5.85. The Morgan fingerprint density at radius 2 is 1.92 bits per heavy atom. The van der Waals surface area contributed by atoms with Gasteiger partial charge in [0.25, 0.3) is 5.91 Å². The average Bonchev–Trinajstić information content (AvgIpc) is 2.64. The van der Waals surface area contributed by atoms with Gasteiger partial charge in [0, 0.05) is 31.2 Å². The van der Waals surface area contributed by atoms with Crippen LogP contribution in [0, 0.1) is 11.6 Å². The minimum absolute atomic E-state index is 0.0345. The molecule has 3 aromatic rings. The Bertz CT molecular complexity index is 1050. The van der Waals surface area contributed by atoms with Crippen LogP contribution in [0.25, 0.3) is 10.9 Å². The smallest absolute Gasteiger partial charge is 0.259 e. The van der Waals surface area contributed by atoms with Crippen LogP contribution in [0.1, 0.15) is 15.9 Å². The number of H-pyrrole nitrogens is 1. The Morgan fingerprint density at radius 1 is 1.15 bits per heavy atom. The highest BCUT2D eigenvalue weighted by atomic mass is 19.2. The van der Waals surface area contributed by atoms with E-state index in [1.54, 1.807) is 18.2 Å². The molecule has 0 unspecified atom stereocenters. The molecule has 0 fully saturated rings. The van der Waals surface area contributed by atoms with E-state index in [0.717, 1.165) is 12.1 Å². The van der Waals surface area contributed by atoms with Gasteiger partial charge in [-0.3, -0.25) is 9.59 Å². The number of hydrogen-bond donors (Lipinski definition) is 1. The molecule has 0 aliphatic carbocycles. The van der Waals surface area contributed by atoms with E-state index >= 15 is 0 Å². The minimum Gasteiger partial charge on any atom is -0.497 e. The molecule has 1 amide bonds. The Morgan fingerprint density at radius 3 is 2.62 bits per heavy atom. The normalized spacial score (nSPS) is 10.8. The highest BCUT2D eigenvalue weighted by Crippen LogP contribution is 2.17. The molecule has 26 heavy (non-hydrogen) atoms. The fourth-order valence-electron chi connectivity index (χ4n) is 2.68. The minimum atomic E-state index is -0.985. The molecular formula is C19H16F2N2O3. The number of aromatic amines is 1. The summed E-state index contributed by atoms with van der Waals surface area (Å²) in [6, 6.07) is 8.29. The first-order valence-corrected chi connectivity index (χ1v) is 7.79. The molecule has 0 aliphatic rings. The number of aromatic nitrogens is 1. The summed E-state index contributed by atoms with van der Waals surface area (Å²) in [5.41, 5.74) is 0.521. The Hall–Kier alpha value is -3.22. The van der Waals surface area contributed by atoms with Crippen molar-refractivity contribution in [1.82, 2.24) is 9.88 Å². The molecule has 0 saturated heterocycles. The van der Waals surface area contributed by atoms with Gasteiger partial charge in [-0.15, -0.1) is 0 Å². The van der Waals surface area contributed by atoms with E-state index in [2.05, 4.69) is 4.98 Å². The second-order valence-corrected chi connectivity index (χ2v) is 5.85. The third-order valence-corrected chi connectivity index (χ3v) is 4.07. The van der Waals surface area contributed by atoms with Gasteiger partial charge in [0.1, 0.15) is 11.3 Å². The van der Waals surface area contributed by atoms with Gasteiger partial charge in [-0.05, 0) is 29.8 Å². The number of fused-ring (bicyclic) bond motifs is 1. The zero-order valence-electron chi connectivity index (χ0n) is 14.2. The lowest BCUT2D eigenvalue weighted by atomic mass is 10.1. The first kappa shape index (κ1) is 17.6. The lowest BCUT2D eigenvalue weighted by molar-refractivity contribution is 0.0783. The molecule has 0 spiro atoms. The summed E-state index contributed by atoms with van der Waals surface area (Å²) in [6.07, 6.45) is 1.34. The number of halogens is 2. The highest BCUT2D eigenvalue weighted by Gasteiger charge is 2.18. The van der Waals surface area contributed by atoms with E-state index in [0.29, 0.717) is 22.2 Å².